The molecule has 5 heteroatoms. The van der Waals surface area contributed by atoms with Crippen molar-refractivity contribution in [1.82, 2.24) is 9.55 Å². The van der Waals surface area contributed by atoms with Gasteiger partial charge in [-0.3, -0.25) is 4.79 Å². The smallest absolute Gasteiger partial charge is 0.267 e. The van der Waals surface area contributed by atoms with Gasteiger partial charge in [0, 0.05) is 18.1 Å². The largest absolute Gasteiger partial charge is 0.337 e. The summed E-state index contributed by atoms with van der Waals surface area (Å²) >= 11 is 6.07. The number of para-hydroxylation sites is 1. The monoisotopic (exact) mass is 387 g/mol. The zero-order chi connectivity index (χ0) is 19.1. The number of aromatic nitrogens is 2. The normalized spacial score (nSPS) is 13.5. The molecule has 0 bridgehead atoms. The summed E-state index contributed by atoms with van der Waals surface area (Å²) in [5.74, 6) is 0.667. The lowest BCUT2D eigenvalue weighted by molar-refractivity contribution is 0.692. The van der Waals surface area contributed by atoms with Crippen LogP contribution in [-0.2, 0) is 13.0 Å². The molecule has 0 fully saturated rings. The van der Waals surface area contributed by atoms with Crippen molar-refractivity contribution in [3.05, 3.63) is 99.3 Å². The number of nitrogens with zero attached hydrogens (tertiary/aromatic N) is 3. The number of benzene rings is 3. The second-order valence-electron chi connectivity index (χ2n) is 6.99. The Labute approximate surface area is 167 Å². The van der Waals surface area contributed by atoms with Crippen molar-refractivity contribution in [3.8, 4) is 5.69 Å². The second-order valence-corrected chi connectivity index (χ2v) is 7.42. The molecule has 0 saturated heterocycles. The molecular weight excluding hydrogens is 370 g/mol. The molecule has 1 aliphatic rings. The van der Waals surface area contributed by atoms with E-state index >= 15 is 0 Å². The van der Waals surface area contributed by atoms with Crippen molar-refractivity contribution in [3.63, 3.8) is 0 Å². The maximum atomic E-state index is 13.4. The third-order valence-corrected chi connectivity index (χ3v) is 5.51. The van der Waals surface area contributed by atoms with E-state index in [1.54, 1.807) is 16.7 Å². The Bertz CT molecular complexity index is 1230. The molecule has 1 aromatic heterocycles. The first kappa shape index (κ1) is 17.0. The molecule has 2 heterocycles. The van der Waals surface area contributed by atoms with E-state index in [0.717, 1.165) is 25.2 Å². The summed E-state index contributed by atoms with van der Waals surface area (Å²) in [6, 6.07) is 23.3. The van der Waals surface area contributed by atoms with E-state index in [9.17, 15) is 4.79 Å². The van der Waals surface area contributed by atoms with Crippen molar-refractivity contribution in [2.75, 3.05) is 11.4 Å². The molecule has 3 aromatic carbocycles. The number of anilines is 1. The molecule has 4 nitrogen and oxygen atoms in total. The van der Waals surface area contributed by atoms with Gasteiger partial charge >= 0.3 is 0 Å². The van der Waals surface area contributed by atoms with Crippen molar-refractivity contribution in [2.45, 2.75) is 13.0 Å². The minimum Gasteiger partial charge on any atom is -0.337 e. The summed E-state index contributed by atoms with van der Waals surface area (Å²) in [5, 5.41) is 1.25. The third-order valence-electron chi connectivity index (χ3n) is 5.26. The zero-order valence-corrected chi connectivity index (χ0v) is 15.9. The van der Waals surface area contributed by atoms with Gasteiger partial charge < -0.3 is 4.90 Å². The van der Waals surface area contributed by atoms with E-state index in [2.05, 4.69) is 29.2 Å². The first-order valence-electron chi connectivity index (χ1n) is 9.30. The molecule has 5 rings (SSSR count). The lowest BCUT2D eigenvalue weighted by Crippen LogP contribution is -2.36. The quantitative estimate of drug-likeness (QED) is 0.504. The SMILES string of the molecule is O=c1c2ccccc2nc(N2CCc3ccccc3C2)n1-c1ccc(Cl)cc1. The third kappa shape index (κ3) is 2.86. The van der Waals surface area contributed by atoms with E-state index in [-0.39, 0.29) is 5.56 Å². The Morgan fingerprint density at radius 3 is 2.39 bits per heavy atom. The van der Waals surface area contributed by atoms with Crippen LogP contribution in [0.1, 0.15) is 11.1 Å². The summed E-state index contributed by atoms with van der Waals surface area (Å²) in [6.07, 6.45) is 0.930. The highest BCUT2D eigenvalue weighted by Crippen LogP contribution is 2.26. The second kappa shape index (κ2) is 6.80. The number of rotatable bonds is 2. The van der Waals surface area contributed by atoms with Crippen LogP contribution in [0.15, 0.2) is 77.6 Å². The number of halogens is 1. The first-order valence-corrected chi connectivity index (χ1v) is 9.68. The van der Waals surface area contributed by atoms with Gasteiger partial charge in [0.05, 0.1) is 16.6 Å². The van der Waals surface area contributed by atoms with Gasteiger partial charge in [-0.25, -0.2) is 9.55 Å². The van der Waals surface area contributed by atoms with Crippen LogP contribution in [0.3, 0.4) is 0 Å². The fourth-order valence-corrected chi connectivity index (χ4v) is 3.95. The Hall–Kier alpha value is -3.11. The minimum atomic E-state index is -0.0678. The topological polar surface area (TPSA) is 38.1 Å². The van der Waals surface area contributed by atoms with E-state index in [0.29, 0.717) is 21.9 Å². The van der Waals surface area contributed by atoms with Crippen LogP contribution in [-0.4, -0.2) is 16.1 Å². The van der Waals surface area contributed by atoms with Crippen LogP contribution in [0.25, 0.3) is 16.6 Å². The van der Waals surface area contributed by atoms with Gasteiger partial charge in [0.1, 0.15) is 0 Å². The number of fused-ring (bicyclic) bond motifs is 2. The van der Waals surface area contributed by atoms with Gasteiger partial charge in [-0.2, -0.15) is 0 Å². The molecule has 0 unspecified atom stereocenters. The Morgan fingerprint density at radius 2 is 1.57 bits per heavy atom. The summed E-state index contributed by atoms with van der Waals surface area (Å²) in [7, 11) is 0. The zero-order valence-electron chi connectivity index (χ0n) is 15.2. The minimum absolute atomic E-state index is 0.0678. The predicted molar refractivity (Wildman–Crippen MR) is 114 cm³/mol. The van der Waals surface area contributed by atoms with Crippen LogP contribution in [0.5, 0.6) is 0 Å². The Morgan fingerprint density at radius 1 is 0.857 bits per heavy atom. The lowest BCUT2D eigenvalue weighted by Gasteiger charge is -2.31. The lowest BCUT2D eigenvalue weighted by atomic mass is 10.0. The maximum absolute atomic E-state index is 13.4. The average molecular weight is 388 g/mol. The van der Waals surface area contributed by atoms with Crippen molar-refractivity contribution in [2.24, 2.45) is 0 Å². The summed E-state index contributed by atoms with van der Waals surface area (Å²) < 4.78 is 1.70. The van der Waals surface area contributed by atoms with Crippen LogP contribution in [0.2, 0.25) is 5.02 Å². The number of hydrogen-bond acceptors (Lipinski definition) is 3. The molecule has 0 radical (unpaired) electrons. The van der Waals surface area contributed by atoms with Gasteiger partial charge in [-0.05, 0) is 53.9 Å². The van der Waals surface area contributed by atoms with Gasteiger partial charge in [0.15, 0.2) is 0 Å². The van der Waals surface area contributed by atoms with Gasteiger partial charge in [0.25, 0.3) is 5.56 Å². The molecular formula is C23H18ClN3O. The molecule has 0 spiro atoms. The highest BCUT2D eigenvalue weighted by molar-refractivity contribution is 6.30. The van der Waals surface area contributed by atoms with Crippen molar-refractivity contribution in [1.29, 1.82) is 0 Å². The van der Waals surface area contributed by atoms with E-state index in [4.69, 9.17) is 16.6 Å². The van der Waals surface area contributed by atoms with Gasteiger partial charge in [-0.15, -0.1) is 0 Å². The highest BCUT2D eigenvalue weighted by Gasteiger charge is 2.22. The summed E-state index contributed by atoms with van der Waals surface area (Å²) in [5.41, 5.74) is 4.05. The molecule has 0 saturated carbocycles. The molecule has 0 atom stereocenters. The van der Waals surface area contributed by atoms with E-state index in [1.165, 1.54) is 11.1 Å². The fraction of sp³-hybridized carbons (Fsp3) is 0.130. The maximum Gasteiger partial charge on any atom is 0.267 e. The van der Waals surface area contributed by atoms with Crippen molar-refractivity contribution >= 4 is 28.5 Å². The molecule has 28 heavy (non-hydrogen) atoms. The Kier molecular flexibility index (Phi) is 4.14. The molecule has 0 N–H and O–H groups in total. The fourth-order valence-electron chi connectivity index (χ4n) is 3.82. The Balaban J connectivity index is 1.72. The highest BCUT2D eigenvalue weighted by atomic mass is 35.5. The molecule has 4 aromatic rings. The summed E-state index contributed by atoms with van der Waals surface area (Å²) in [4.78, 5) is 20.5. The molecule has 1 aliphatic heterocycles. The standard InChI is InChI=1S/C23H18ClN3O/c24-18-9-11-19(12-10-18)27-22(28)20-7-3-4-8-21(20)25-23(27)26-14-13-16-5-1-2-6-17(16)15-26/h1-12H,13-15H2. The van der Waals surface area contributed by atoms with Gasteiger partial charge in [0.2, 0.25) is 5.95 Å². The molecule has 0 amide bonds. The first-order chi connectivity index (χ1) is 13.7. The van der Waals surface area contributed by atoms with E-state index in [1.807, 2.05) is 36.4 Å². The van der Waals surface area contributed by atoms with Gasteiger partial charge in [-0.1, -0.05) is 48.0 Å². The number of hydrogen-bond donors (Lipinski definition) is 0. The van der Waals surface area contributed by atoms with Crippen LogP contribution in [0.4, 0.5) is 5.95 Å². The molecule has 138 valence electrons. The van der Waals surface area contributed by atoms with Crippen LogP contribution < -0.4 is 10.5 Å². The summed E-state index contributed by atoms with van der Waals surface area (Å²) in [6.45, 7) is 1.55. The van der Waals surface area contributed by atoms with Crippen LogP contribution >= 0.6 is 11.6 Å². The van der Waals surface area contributed by atoms with E-state index < -0.39 is 0 Å². The average Bonchev–Trinajstić information content (AvgIpc) is 2.74. The van der Waals surface area contributed by atoms with Crippen LogP contribution in [0, 0.1) is 0 Å². The molecule has 0 aliphatic carbocycles. The predicted octanol–water partition coefficient (Wildman–Crippen LogP) is 4.60. The van der Waals surface area contributed by atoms with Crippen molar-refractivity contribution < 1.29 is 0 Å².